The minimum atomic E-state index is -0.543. The summed E-state index contributed by atoms with van der Waals surface area (Å²) >= 11 is 13.5. The minimum absolute atomic E-state index is 0.118. The van der Waals surface area contributed by atoms with E-state index in [1.54, 1.807) is 55.1 Å². The maximum atomic E-state index is 13.5. The quantitative estimate of drug-likeness (QED) is 0.252. The number of amides is 1. The molecule has 1 saturated heterocycles. The molecule has 4 rings (SSSR count). The number of benzene rings is 2. The number of hydrogen-bond acceptors (Lipinski definition) is 6. The topological polar surface area (TPSA) is 81.5 Å². The highest BCUT2D eigenvalue weighted by molar-refractivity contribution is 8.00. The van der Waals surface area contributed by atoms with Crippen LogP contribution in [0, 0.1) is 5.92 Å². The van der Waals surface area contributed by atoms with Crippen molar-refractivity contribution in [1.82, 2.24) is 14.5 Å². The van der Waals surface area contributed by atoms with Crippen molar-refractivity contribution in [1.29, 1.82) is 0 Å². The molecular formula is C25H25Cl2N3O4S. The Hall–Kier alpha value is -2.55. The van der Waals surface area contributed by atoms with Crippen LogP contribution in [-0.2, 0) is 14.3 Å². The third kappa shape index (κ3) is 5.50. The van der Waals surface area contributed by atoms with E-state index in [1.807, 2.05) is 6.07 Å². The van der Waals surface area contributed by atoms with Crippen molar-refractivity contribution in [2.45, 2.75) is 37.1 Å². The second kappa shape index (κ2) is 11.0. The van der Waals surface area contributed by atoms with E-state index in [4.69, 9.17) is 32.9 Å². The van der Waals surface area contributed by atoms with Gasteiger partial charge in [-0.1, -0.05) is 47.1 Å². The van der Waals surface area contributed by atoms with Crippen LogP contribution in [0.15, 0.2) is 52.4 Å². The number of ether oxygens (including phenoxy) is 1. The highest BCUT2D eigenvalue weighted by Gasteiger charge is 2.32. The van der Waals surface area contributed by atoms with Gasteiger partial charge in [-0.3, -0.25) is 19.0 Å². The molecule has 1 aliphatic heterocycles. The van der Waals surface area contributed by atoms with Gasteiger partial charge in [-0.05, 0) is 57.0 Å². The van der Waals surface area contributed by atoms with Gasteiger partial charge in [-0.15, -0.1) is 0 Å². The van der Waals surface area contributed by atoms with Crippen LogP contribution in [0.1, 0.15) is 26.7 Å². The Morgan fingerprint density at radius 1 is 1.20 bits per heavy atom. The first kappa shape index (κ1) is 25.5. The minimum Gasteiger partial charge on any atom is -0.466 e. The SMILES string of the molecule is CCOC(=O)C1CCCN(C(=O)C(C)Sc2nc3ccccc3c(=O)n2-c2ccc(Cl)c(Cl)c2)C1. The fraction of sp³-hybridized carbons (Fsp3) is 0.360. The van der Waals surface area contributed by atoms with Gasteiger partial charge in [0, 0.05) is 13.1 Å². The molecule has 2 aromatic carbocycles. The highest BCUT2D eigenvalue weighted by atomic mass is 35.5. The van der Waals surface area contributed by atoms with E-state index < -0.39 is 5.25 Å². The third-order valence-electron chi connectivity index (χ3n) is 5.89. The van der Waals surface area contributed by atoms with Crippen molar-refractivity contribution >= 4 is 57.7 Å². The van der Waals surface area contributed by atoms with Gasteiger partial charge in [-0.25, -0.2) is 4.98 Å². The molecule has 0 N–H and O–H groups in total. The van der Waals surface area contributed by atoms with Gasteiger partial charge in [0.2, 0.25) is 5.91 Å². The number of piperidine rings is 1. The van der Waals surface area contributed by atoms with Gasteiger partial charge in [0.1, 0.15) is 0 Å². The van der Waals surface area contributed by atoms with Crippen molar-refractivity contribution < 1.29 is 14.3 Å². The van der Waals surface area contributed by atoms with Gasteiger partial charge >= 0.3 is 5.97 Å². The molecule has 1 aliphatic rings. The average molecular weight is 534 g/mol. The number of likely N-dealkylation sites (tertiary alicyclic amines) is 1. The smallest absolute Gasteiger partial charge is 0.310 e. The molecule has 2 atom stereocenters. The molecule has 10 heteroatoms. The summed E-state index contributed by atoms with van der Waals surface area (Å²) in [5.41, 5.74) is 0.776. The molecule has 0 aliphatic carbocycles. The number of para-hydroxylation sites is 1. The van der Waals surface area contributed by atoms with Crippen LogP contribution in [0.4, 0.5) is 0 Å². The number of halogens is 2. The maximum absolute atomic E-state index is 13.5. The van der Waals surface area contributed by atoms with Gasteiger partial charge in [0.05, 0.1) is 44.4 Å². The van der Waals surface area contributed by atoms with Crippen molar-refractivity contribution in [3.8, 4) is 5.69 Å². The first-order chi connectivity index (χ1) is 16.8. The van der Waals surface area contributed by atoms with Crippen molar-refractivity contribution in [2.24, 2.45) is 5.92 Å². The molecule has 2 unspecified atom stereocenters. The first-order valence-corrected chi connectivity index (χ1v) is 13.0. The number of aromatic nitrogens is 2. The lowest BCUT2D eigenvalue weighted by molar-refractivity contribution is -0.151. The van der Waals surface area contributed by atoms with E-state index in [9.17, 15) is 14.4 Å². The fourth-order valence-electron chi connectivity index (χ4n) is 4.14. The zero-order chi connectivity index (χ0) is 25.1. The van der Waals surface area contributed by atoms with E-state index >= 15 is 0 Å². The van der Waals surface area contributed by atoms with Crippen molar-refractivity contribution in [3.63, 3.8) is 0 Å². The molecule has 1 aromatic heterocycles. The lowest BCUT2D eigenvalue weighted by Crippen LogP contribution is -2.45. The zero-order valence-electron chi connectivity index (χ0n) is 19.4. The Balaban J connectivity index is 1.66. The summed E-state index contributed by atoms with van der Waals surface area (Å²) in [6, 6.07) is 12.0. The lowest BCUT2D eigenvalue weighted by Gasteiger charge is -2.33. The summed E-state index contributed by atoms with van der Waals surface area (Å²) < 4.78 is 6.61. The van der Waals surface area contributed by atoms with Gasteiger partial charge in [0.15, 0.2) is 5.16 Å². The molecule has 1 amide bonds. The molecule has 0 radical (unpaired) electrons. The van der Waals surface area contributed by atoms with Crippen LogP contribution < -0.4 is 5.56 Å². The van der Waals surface area contributed by atoms with Gasteiger partial charge in [0.25, 0.3) is 5.56 Å². The standard InChI is InChI=1S/C25H25Cl2N3O4S/c1-3-34-24(33)16-7-6-12-29(14-16)22(31)15(2)35-25-28-21-9-5-4-8-18(21)23(32)30(25)17-10-11-19(26)20(27)13-17/h4-5,8-11,13,15-16H,3,6-7,12,14H2,1-2H3. The Morgan fingerprint density at radius 3 is 2.71 bits per heavy atom. The number of rotatable bonds is 6. The molecule has 184 valence electrons. The molecule has 1 fully saturated rings. The summed E-state index contributed by atoms with van der Waals surface area (Å²) in [7, 11) is 0. The molecule has 0 saturated carbocycles. The summed E-state index contributed by atoms with van der Waals surface area (Å²) in [4.78, 5) is 45.4. The van der Waals surface area contributed by atoms with Crippen LogP contribution in [0.25, 0.3) is 16.6 Å². The molecule has 35 heavy (non-hydrogen) atoms. The van der Waals surface area contributed by atoms with E-state index in [0.29, 0.717) is 57.9 Å². The van der Waals surface area contributed by atoms with E-state index in [2.05, 4.69) is 0 Å². The number of fused-ring (bicyclic) bond motifs is 1. The van der Waals surface area contributed by atoms with Crippen LogP contribution in [0.5, 0.6) is 0 Å². The number of nitrogens with zero attached hydrogens (tertiary/aromatic N) is 3. The van der Waals surface area contributed by atoms with Crippen molar-refractivity contribution in [2.75, 3.05) is 19.7 Å². The average Bonchev–Trinajstić information content (AvgIpc) is 2.86. The summed E-state index contributed by atoms with van der Waals surface area (Å²) in [6.07, 6.45) is 1.43. The second-order valence-corrected chi connectivity index (χ2v) is 10.4. The van der Waals surface area contributed by atoms with Crippen LogP contribution in [0.2, 0.25) is 10.0 Å². The Bertz CT molecular complexity index is 1330. The first-order valence-electron chi connectivity index (χ1n) is 11.4. The number of esters is 1. The Kier molecular flexibility index (Phi) is 8.04. The summed E-state index contributed by atoms with van der Waals surface area (Å²) in [5.74, 6) is -0.708. The van der Waals surface area contributed by atoms with E-state index in [-0.39, 0.29) is 23.4 Å². The largest absolute Gasteiger partial charge is 0.466 e. The Morgan fingerprint density at radius 2 is 1.97 bits per heavy atom. The van der Waals surface area contributed by atoms with E-state index in [0.717, 1.165) is 6.42 Å². The Labute approximate surface area is 217 Å². The van der Waals surface area contributed by atoms with Crippen molar-refractivity contribution in [3.05, 3.63) is 62.9 Å². The summed E-state index contributed by atoms with van der Waals surface area (Å²) in [5, 5.41) is 0.957. The van der Waals surface area contributed by atoms with E-state index in [1.165, 1.54) is 16.3 Å². The number of thioether (sulfide) groups is 1. The molecule has 0 spiro atoms. The fourth-order valence-corrected chi connectivity index (χ4v) is 5.44. The third-order valence-corrected chi connectivity index (χ3v) is 7.67. The zero-order valence-corrected chi connectivity index (χ0v) is 21.7. The summed E-state index contributed by atoms with van der Waals surface area (Å²) in [6.45, 7) is 4.76. The molecule has 0 bridgehead atoms. The highest BCUT2D eigenvalue weighted by Crippen LogP contribution is 2.30. The molecular weight excluding hydrogens is 509 g/mol. The second-order valence-electron chi connectivity index (χ2n) is 8.29. The van der Waals surface area contributed by atoms with Gasteiger partial charge in [-0.2, -0.15) is 0 Å². The normalized spacial score (nSPS) is 16.8. The number of carbonyl (C=O) groups excluding carboxylic acids is 2. The van der Waals surface area contributed by atoms with Gasteiger partial charge < -0.3 is 9.64 Å². The number of carbonyl (C=O) groups is 2. The number of hydrogen-bond donors (Lipinski definition) is 0. The van der Waals surface area contributed by atoms with Crippen LogP contribution >= 0.6 is 35.0 Å². The molecule has 2 heterocycles. The maximum Gasteiger partial charge on any atom is 0.310 e. The van der Waals surface area contributed by atoms with Crippen LogP contribution in [0.3, 0.4) is 0 Å². The predicted molar refractivity (Wildman–Crippen MR) is 139 cm³/mol. The molecule has 7 nitrogen and oxygen atoms in total. The monoisotopic (exact) mass is 533 g/mol. The van der Waals surface area contributed by atoms with Crippen LogP contribution in [-0.4, -0.2) is 51.3 Å². The lowest BCUT2D eigenvalue weighted by atomic mass is 9.98. The molecule has 3 aromatic rings. The predicted octanol–water partition coefficient (Wildman–Crippen LogP) is 4.97.